The number of piperidine rings is 1. The highest BCUT2D eigenvalue weighted by Gasteiger charge is 2.27. The molecule has 1 fully saturated rings. The minimum atomic E-state index is -3.12. The molecule has 3 N–H and O–H groups in total. The van der Waals surface area contributed by atoms with E-state index in [1.54, 1.807) is 16.6 Å². The molecule has 2 aromatic heterocycles. The van der Waals surface area contributed by atoms with E-state index >= 15 is 0 Å². The van der Waals surface area contributed by atoms with Gasteiger partial charge in [0.05, 0.1) is 12.0 Å². The fourth-order valence-electron chi connectivity index (χ4n) is 3.38. The summed E-state index contributed by atoms with van der Waals surface area (Å²) < 4.78 is 31.3. The second-order valence-corrected chi connectivity index (χ2v) is 9.32. The van der Waals surface area contributed by atoms with Crippen LogP contribution < -0.4 is 10.6 Å². The molecule has 11 heteroatoms. The molecule has 0 aromatic carbocycles. The van der Waals surface area contributed by atoms with Gasteiger partial charge in [0.25, 0.3) is 0 Å². The number of nitrogens with zero attached hydrogens (tertiary/aromatic N) is 4. The molecule has 3 heterocycles. The zero-order chi connectivity index (χ0) is 21.4. The Hall–Kier alpha value is -2.40. The quantitative estimate of drug-likeness (QED) is 0.399. The maximum atomic E-state index is 12.2. The van der Waals surface area contributed by atoms with Gasteiger partial charge in [-0.2, -0.15) is 5.10 Å². The van der Waals surface area contributed by atoms with Crippen molar-refractivity contribution in [1.29, 1.82) is 0 Å². The standard InChI is InChI=1S/C19H31N7O3S/c1-3-14-30(27,28)26-11-8-15(9-12-26)22-19(20-4-2)21-10-7-17-23-18(25-24-17)16-6-5-13-29-16/h5-6,13,15H,3-4,7-12,14H2,1-2H3,(H2,20,21,22)(H,23,24,25). The van der Waals surface area contributed by atoms with Crippen molar-refractivity contribution in [2.24, 2.45) is 4.99 Å². The molecule has 0 unspecified atom stereocenters. The van der Waals surface area contributed by atoms with E-state index in [0.29, 0.717) is 44.1 Å². The molecule has 1 saturated heterocycles. The topological polar surface area (TPSA) is 129 Å². The Morgan fingerprint density at radius 2 is 2.17 bits per heavy atom. The van der Waals surface area contributed by atoms with Crippen LogP contribution in [0.3, 0.4) is 0 Å². The summed E-state index contributed by atoms with van der Waals surface area (Å²) in [6.07, 6.45) is 4.39. The average molecular weight is 438 g/mol. The van der Waals surface area contributed by atoms with Gasteiger partial charge in [-0.3, -0.25) is 10.1 Å². The van der Waals surface area contributed by atoms with Gasteiger partial charge in [0.1, 0.15) is 5.82 Å². The number of nitrogens with one attached hydrogen (secondary N) is 3. The number of guanidine groups is 1. The molecule has 0 radical (unpaired) electrons. The molecule has 0 atom stereocenters. The van der Waals surface area contributed by atoms with Gasteiger partial charge in [-0.05, 0) is 38.3 Å². The average Bonchev–Trinajstić information content (AvgIpc) is 3.40. The molecule has 30 heavy (non-hydrogen) atoms. The van der Waals surface area contributed by atoms with Crippen molar-refractivity contribution in [1.82, 2.24) is 30.1 Å². The molecular weight excluding hydrogens is 406 g/mol. The minimum Gasteiger partial charge on any atom is -0.461 e. The van der Waals surface area contributed by atoms with Crippen LogP contribution in [0.5, 0.6) is 0 Å². The third-order valence-corrected chi connectivity index (χ3v) is 6.96. The van der Waals surface area contributed by atoms with Crippen LogP contribution in [-0.2, 0) is 16.4 Å². The van der Waals surface area contributed by atoms with Gasteiger partial charge < -0.3 is 15.1 Å². The van der Waals surface area contributed by atoms with E-state index < -0.39 is 10.0 Å². The number of H-pyrrole nitrogens is 1. The predicted octanol–water partition coefficient (Wildman–Crippen LogP) is 1.37. The number of hydrogen-bond donors (Lipinski definition) is 3. The number of rotatable bonds is 9. The minimum absolute atomic E-state index is 0.201. The predicted molar refractivity (Wildman–Crippen MR) is 116 cm³/mol. The highest BCUT2D eigenvalue weighted by atomic mass is 32.2. The Bertz CT molecular complexity index is 900. The largest absolute Gasteiger partial charge is 0.461 e. The Kier molecular flexibility index (Phi) is 7.86. The number of aromatic amines is 1. The SMILES string of the molecule is CCCS(=O)(=O)N1CCC(NC(=NCCc2nc(-c3ccco3)n[nH]2)NCC)CC1. The molecule has 0 aliphatic carbocycles. The van der Waals surface area contributed by atoms with Crippen molar-refractivity contribution in [3.8, 4) is 11.6 Å². The highest BCUT2D eigenvalue weighted by Crippen LogP contribution is 2.16. The zero-order valence-electron chi connectivity index (χ0n) is 17.6. The van der Waals surface area contributed by atoms with Crippen LogP contribution >= 0.6 is 0 Å². The van der Waals surface area contributed by atoms with Crippen LogP contribution in [0, 0.1) is 0 Å². The number of sulfonamides is 1. The van der Waals surface area contributed by atoms with Gasteiger partial charge in [0, 0.05) is 38.6 Å². The van der Waals surface area contributed by atoms with Crippen LogP contribution in [0.4, 0.5) is 0 Å². The van der Waals surface area contributed by atoms with Gasteiger partial charge >= 0.3 is 0 Å². The fourth-order valence-corrected chi connectivity index (χ4v) is 4.92. The maximum absolute atomic E-state index is 12.2. The van der Waals surface area contributed by atoms with E-state index in [4.69, 9.17) is 4.42 Å². The Labute approximate surface area is 177 Å². The van der Waals surface area contributed by atoms with Gasteiger partial charge in [-0.15, -0.1) is 0 Å². The number of furan rings is 1. The molecule has 1 aliphatic heterocycles. The summed E-state index contributed by atoms with van der Waals surface area (Å²) in [6, 6.07) is 3.82. The molecule has 3 rings (SSSR count). The van der Waals surface area contributed by atoms with Crippen LogP contribution in [0.2, 0.25) is 0 Å². The number of aromatic nitrogens is 3. The first-order valence-electron chi connectivity index (χ1n) is 10.5. The first-order chi connectivity index (χ1) is 14.5. The molecular formula is C19H31N7O3S. The second-order valence-electron chi connectivity index (χ2n) is 7.23. The fraction of sp³-hybridized carbons (Fsp3) is 0.632. The van der Waals surface area contributed by atoms with E-state index in [0.717, 1.165) is 31.2 Å². The summed E-state index contributed by atoms with van der Waals surface area (Å²) in [7, 11) is -3.12. The molecule has 1 aliphatic rings. The monoisotopic (exact) mass is 437 g/mol. The Morgan fingerprint density at radius 3 is 2.83 bits per heavy atom. The molecule has 0 saturated carbocycles. The Morgan fingerprint density at radius 1 is 1.37 bits per heavy atom. The molecule has 0 bridgehead atoms. The lowest BCUT2D eigenvalue weighted by Crippen LogP contribution is -2.50. The first-order valence-corrected chi connectivity index (χ1v) is 12.1. The summed E-state index contributed by atoms with van der Waals surface area (Å²) in [5.41, 5.74) is 0. The van der Waals surface area contributed by atoms with Crippen LogP contribution in [0.1, 0.15) is 38.9 Å². The van der Waals surface area contributed by atoms with Crippen molar-refractivity contribution >= 4 is 16.0 Å². The van der Waals surface area contributed by atoms with Gasteiger partial charge in [0.2, 0.25) is 15.8 Å². The molecule has 0 amide bonds. The smallest absolute Gasteiger partial charge is 0.216 e. The first kappa shape index (κ1) is 22.3. The molecule has 2 aromatic rings. The molecule has 0 spiro atoms. The van der Waals surface area contributed by atoms with E-state index in [-0.39, 0.29) is 11.8 Å². The third-order valence-electron chi connectivity index (χ3n) is 4.89. The van der Waals surface area contributed by atoms with Crippen molar-refractivity contribution in [3.05, 3.63) is 24.2 Å². The number of hydrogen-bond acceptors (Lipinski definition) is 6. The summed E-state index contributed by atoms with van der Waals surface area (Å²) in [6.45, 7) is 6.30. The summed E-state index contributed by atoms with van der Waals surface area (Å²) in [4.78, 5) is 9.05. The van der Waals surface area contributed by atoms with E-state index in [1.165, 1.54) is 0 Å². The summed E-state index contributed by atoms with van der Waals surface area (Å²) in [5, 5.41) is 13.8. The molecule has 166 valence electrons. The van der Waals surface area contributed by atoms with E-state index in [1.807, 2.05) is 19.9 Å². The number of aliphatic imine (C=N–C) groups is 1. The maximum Gasteiger partial charge on any atom is 0.216 e. The second kappa shape index (κ2) is 10.6. The van der Waals surface area contributed by atoms with Crippen molar-refractivity contribution in [3.63, 3.8) is 0 Å². The van der Waals surface area contributed by atoms with Gasteiger partial charge in [-0.1, -0.05) is 6.92 Å². The van der Waals surface area contributed by atoms with E-state index in [2.05, 4.69) is 30.8 Å². The summed E-state index contributed by atoms with van der Waals surface area (Å²) >= 11 is 0. The molecule has 10 nitrogen and oxygen atoms in total. The van der Waals surface area contributed by atoms with E-state index in [9.17, 15) is 8.42 Å². The zero-order valence-corrected chi connectivity index (χ0v) is 18.4. The highest BCUT2D eigenvalue weighted by molar-refractivity contribution is 7.89. The lowest BCUT2D eigenvalue weighted by molar-refractivity contribution is 0.306. The normalized spacial score (nSPS) is 16.7. The van der Waals surface area contributed by atoms with Crippen molar-refractivity contribution < 1.29 is 12.8 Å². The summed E-state index contributed by atoms with van der Waals surface area (Å²) in [5.74, 6) is 2.86. The van der Waals surface area contributed by atoms with Crippen LogP contribution in [0.25, 0.3) is 11.6 Å². The van der Waals surface area contributed by atoms with Crippen LogP contribution in [-0.4, -0.2) is 71.8 Å². The lowest BCUT2D eigenvalue weighted by Gasteiger charge is -2.32. The van der Waals surface area contributed by atoms with Gasteiger partial charge in [-0.25, -0.2) is 17.7 Å². The lowest BCUT2D eigenvalue weighted by atomic mass is 10.1. The van der Waals surface area contributed by atoms with Crippen molar-refractivity contribution in [2.45, 2.75) is 45.6 Å². The van der Waals surface area contributed by atoms with Gasteiger partial charge in [0.15, 0.2) is 11.7 Å². The third kappa shape index (κ3) is 6.05. The van der Waals surface area contributed by atoms with Crippen molar-refractivity contribution in [2.75, 3.05) is 31.9 Å². The Balaban J connectivity index is 1.49. The van der Waals surface area contributed by atoms with Crippen LogP contribution in [0.15, 0.2) is 27.8 Å².